The van der Waals surface area contributed by atoms with Crippen molar-refractivity contribution in [3.63, 3.8) is 0 Å². The molecule has 0 aromatic carbocycles. The Morgan fingerprint density at radius 2 is 0.884 bits per heavy atom. The standard InChI is InChI=1S/C20H26ClN5O2.C20H22ClN5O2.C12H15BBrN2O2.C12H17BN3O2.C12H15N3O.C8H8BrClN2O/c2*1-13(19(27)25-18-6-5-17(21)11-23-18)26-7-3-4-14(12-26)16-8-15(9-22)20(28-2)24-10-16;2*1-18-12-11(14)5-10(6-15-12)9-3-2-4-16(7-9)13-8-17;1-16-12-10(6-13)5-11(8-15-12)9-3-2-4-14-7-9;1-5(9)8(13)12-7-3-2-6(10)4-11-7/h5-6,8,10-11,13-14H,3-4,7,9,12,22H2,1-2H3,(H,23,25,27);5-6,8,10-11,13-14H,3-4,7,12H2,1-2H3,(H,23,25,27);5-6,8-9H,2-4,7H2,1H3;5-6,8-9H,2-4,7,14H2,1H3;5,8-9,14H,2-4,7H2,1H3;2-5H,1H3,(H,11,12,13)/t2*13-,14?;;;;5-/m00...1/s1. The van der Waals surface area contributed by atoms with E-state index >= 15 is 0 Å². The van der Waals surface area contributed by atoms with E-state index < -0.39 is 0 Å². The highest BCUT2D eigenvalue weighted by atomic mass is 79.9. The molecule has 0 bridgehead atoms. The van der Waals surface area contributed by atoms with Gasteiger partial charge in [0.2, 0.25) is 47.1 Å². The minimum Gasteiger partial charge on any atom is -0.481 e. The van der Waals surface area contributed by atoms with E-state index in [2.05, 4.69) is 132 Å². The normalized spacial score (nSPS) is 18.5. The van der Waals surface area contributed by atoms with Crippen molar-refractivity contribution in [2.45, 2.75) is 138 Å². The minimum absolute atomic E-state index is 0.0778. The second-order valence-electron chi connectivity index (χ2n) is 29.1. The number of nitrogens with zero attached hydrogens (tertiary/aromatic N) is 14. The van der Waals surface area contributed by atoms with Crippen LogP contribution in [-0.2, 0) is 30.5 Å². The highest BCUT2D eigenvalue weighted by Crippen LogP contribution is 2.36. The molecule has 5 saturated heterocycles. The lowest BCUT2D eigenvalue weighted by Gasteiger charge is -2.36. The highest BCUT2D eigenvalue weighted by molar-refractivity contribution is 9.10. The number of halogens is 5. The third kappa shape index (κ3) is 30.2. The van der Waals surface area contributed by atoms with E-state index in [1.165, 1.54) is 44.8 Å². The summed E-state index contributed by atoms with van der Waals surface area (Å²) < 4.78 is 26.5. The first kappa shape index (κ1) is 96.9. The summed E-state index contributed by atoms with van der Waals surface area (Å²) in [6, 6.07) is 23.5. The number of rotatable bonds is 23. The Balaban J connectivity index is 0.000000184. The van der Waals surface area contributed by atoms with Gasteiger partial charge in [-0.2, -0.15) is 10.5 Å². The van der Waals surface area contributed by atoms with Crippen LogP contribution < -0.4 is 56.4 Å². The predicted octanol–water partition coefficient (Wildman–Crippen LogP) is 12.4. The number of carbonyl (C=O) groups is 5. The molecule has 13 rings (SSSR count). The summed E-state index contributed by atoms with van der Waals surface area (Å²) in [6.45, 7) is 14.8. The molecule has 13 heterocycles. The molecular formula is C84H103B2Br2Cl3N20O10. The summed E-state index contributed by atoms with van der Waals surface area (Å²) in [7, 11) is 11.0. The Labute approximate surface area is 740 Å². The van der Waals surface area contributed by atoms with E-state index in [4.69, 9.17) is 75.2 Å². The number of nitriles is 2. The second kappa shape index (κ2) is 50.8. The van der Waals surface area contributed by atoms with E-state index in [1.54, 1.807) is 85.7 Å². The van der Waals surface area contributed by atoms with Crippen LogP contribution in [0, 0.1) is 22.7 Å². The Bertz CT molecular complexity index is 4660. The number of hydrogen-bond donors (Lipinski definition) is 6. The van der Waals surface area contributed by atoms with Crippen LogP contribution in [0.2, 0.25) is 15.1 Å². The van der Waals surface area contributed by atoms with Crippen LogP contribution in [-0.4, -0.2) is 222 Å². The molecule has 2 radical (unpaired) electrons. The van der Waals surface area contributed by atoms with E-state index in [0.29, 0.717) is 109 Å². The highest BCUT2D eigenvalue weighted by Gasteiger charge is 2.32. The fraction of sp³-hybridized carbons (Fsp3) is 0.440. The number of anilines is 4. The summed E-state index contributed by atoms with van der Waals surface area (Å²) in [5.74, 6) is 5.33. The molecule has 640 valence electrons. The van der Waals surface area contributed by atoms with Crippen LogP contribution >= 0.6 is 66.7 Å². The number of carbonyl (C=O) groups excluding carboxylic acids is 5. The van der Waals surface area contributed by atoms with Crippen LogP contribution in [0.1, 0.15) is 159 Å². The summed E-state index contributed by atoms with van der Waals surface area (Å²) in [6.07, 6.45) is 26.1. The number of pyridine rings is 8. The minimum atomic E-state index is -0.304. The van der Waals surface area contributed by atoms with Gasteiger partial charge in [-0.3, -0.25) is 24.2 Å². The molecule has 8 N–H and O–H groups in total. The molecule has 8 aromatic rings. The third-order valence-corrected chi connectivity index (χ3v) is 22.7. The molecule has 3 amide bonds. The lowest BCUT2D eigenvalue weighted by Crippen LogP contribution is -2.46. The molecule has 5 unspecified atom stereocenters. The maximum absolute atomic E-state index is 12.7. The van der Waals surface area contributed by atoms with Crippen molar-refractivity contribution < 1.29 is 47.7 Å². The molecule has 5 aliphatic rings. The van der Waals surface area contributed by atoms with Gasteiger partial charge in [0.25, 0.3) is 14.8 Å². The Morgan fingerprint density at radius 3 is 1.26 bits per heavy atom. The summed E-state index contributed by atoms with van der Waals surface area (Å²) in [5.41, 5.74) is 19.7. The zero-order valence-electron chi connectivity index (χ0n) is 69.1. The molecule has 8 aromatic heterocycles. The molecule has 0 spiro atoms. The van der Waals surface area contributed by atoms with Crippen molar-refractivity contribution in [2.24, 2.45) is 5.73 Å². The van der Waals surface area contributed by atoms with Crippen molar-refractivity contribution in [3.8, 4) is 41.5 Å². The number of piperidine rings is 5. The topological polar surface area (TPSA) is 395 Å². The molecule has 5 aliphatic heterocycles. The predicted molar refractivity (Wildman–Crippen MR) is 478 cm³/mol. The first-order valence-corrected chi connectivity index (χ1v) is 42.6. The third-order valence-electron chi connectivity index (χ3n) is 21.0. The van der Waals surface area contributed by atoms with Crippen molar-refractivity contribution in [2.75, 3.05) is 123 Å². The largest absolute Gasteiger partial charge is 0.481 e. The second-order valence-corrected chi connectivity index (χ2v) is 32.7. The number of alkyl halides is 1. The van der Waals surface area contributed by atoms with Crippen molar-refractivity contribution in [1.29, 1.82) is 10.5 Å². The first-order valence-electron chi connectivity index (χ1n) is 39.7. The number of hydrogen-bond acceptors (Lipinski definition) is 27. The van der Waals surface area contributed by atoms with Gasteiger partial charge in [-0.1, -0.05) is 50.7 Å². The number of nitrogens with two attached hydrogens (primary N) is 2. The number of amides is 3. The Kier molecular flexibility index (Phi) is 40.7. The van der Waals surface area contributed by atoms with Gasteiger partial charge in [0.15, 0.2) is 0 Å². The molecule has 8 atom stereocenters. The van der Waals surface area contributed by atoms with Gasteiger partial charge in [-0.25, -0.2) is 39.9 Å². The van der Waals surface area contributed by atoms with Crippen LogP contribution in [0.15, 0.2) is 121 Å². The number of aromatic nitrogens is 8. The lowest BCUT2D eigenvalue weighted by molar-refractivity contribution is -0.122. The van der Waals surface area contributed by atoms with Crippen LogP contribution in [0.5, 0.6) is 29.4 Å². The maximum atomic E-state index is 12.7. The fourth-order valence-electron chi connectivity index (χ4n) is 14.4. The van der Waals surface area contributed by atoms with Gasteiger partial charge >= 0.3 is 0 Å². The molecular weight excluding hydrogens is 1740 g/mol. The van der Waals surface area contributed by atoms with Gasteiger partial charge in [-0.05, 0) is 271 Å². The number of likely N-dealkylation sites (tertiary alicyclic amines) is 2. The SMILES string of the molecule is COc1ncc(C2CCCN([B]C=O)C2)cc1Br.COc1ncc(C2CCCN([B]C=O)C2)cc1N.COc1ncc(C2CCCN([C@@H](C)C(=O)Nc3ccc(Cl)cn3)C2)cc1C#N.COc1ncc(C2CCCN([C@@H](C)C(=O)Nc3ccc(Cl)cn3)C2)cc1CN.COc1ncc(C2CCCNC2)cc1C#N.C[C@@H](Br)C(=O)Nc1ccc(Cl)cn1. The van der Waals surface area contributed by atoms with Crippen molar-refractivity contribution in [3.05, 3.63) is 180 Å². The van der Waals surface area contributed by atoms with E-state index in [1.807, 2.05) is 61.6 Å². The lowest BCUT2D eigenvalue weighted by atomic mass is 9.84. The van der Waals surface area contributed by atoms with Gasteiger partial charge in [0.05, 0.1) is 90.1 Å². The van der Waals surface area contributed by atoms with Crippen LogP contribution in [0.3, 0.4) is 0 Å². The van der Waals surface area contributed by atoms with E-state index in [9.17, 15) is 29.2 Å². The Hall–Kier alpha value is -9.55. The van der Waals surface area contributed by atoms with Crippen molar-refractivity contribution in [1.82, 2.24) is 64.6 Å². The van der Waals surface area contributed by atoms with Gasteiger partial charge in [0, 0.05) is 81.3 Å². The van der Waals surface area contributed by atoms with Crippen LogP contribution in [0.25, 0.3) is 0 Å². The van der Waals surface area contributed by atoms with Gasteiger partial charge in [0.1, 0.15) is 40.7 Å². The monoisotopic (exact) mass is 1840 g/mol. The molecule has 0 saturated carbocycles. The number of nitrogens with one attached hydrogen (secondary N) is 4. The number of ether oxygens (including phenoxy) is 5. The number of methoxy groups -OCH3 is 5. The smallest absolute Gasteiger partial charge is 0.293 e. The van der Waals surface area contributed by atoms with Gasteiger partial charge in [-0.15, -0.1) is 0 Å². The molecule has 5 fully saturated rings. The Morgan fingerprint density at radius 1 is 0.512 bits per heavy atom. The van der Waals surface area contributed by atoms with Gasteiger partial charge < -0.3 is 75.6 Å². The maximum Gasteiger partial charge on any atom is 0.293 e. The van der Waals surface area contributed by atoms with E-state index in [-0.39, 0.29) is 40.6 Å². The van der Waals surface area contributed by atoms with E-state index in [0.717, 1.165) is 168 Å². The average molecular weight is 1840 g/mol. The van der Waals surface area contributed by atoms with Crippen LogP contribution in [0.4, 0.5) is 23.1 Å². The molecule has 30 nitrogen and oxygen atoms in total. The summed E-state index contributed by atoms with van der Waals surface area (Å²) in [5, 5.41) is 31.5. The first-order chi connectivity index (χ1) is 58.4. The quantitative estimate of drug-likeness (QED) is 0.0197. The summed E-state index contributed by atoms with van der Waals surface area (Å²) >= 11 is 23.9. The fourth-order valence-corrected chi connectivity index (χ4v) is 15.4. The zero-order valence-corrected chi connectivity index (χ0v) is 74.6. The van der Waals surface area contributed by atoms with Crippen molar-refractivity contribution >= 4 is 135 Å². The molecule has 0 aliphatic carbocycles. The zero-order chi connectivity index (χ0) is 87.3. The average Bonchev–Trinajstić information content (AvgIpc) is 0.824. The summed E-state index contributed by atoms with van der Waals surface area (Å²) in [4.78, 5) is 99.1. The number of nitrogen functional groups attached to an aromatic ring is 1. The molecule has 37 heteroatoms. The molecule has 121 heavy (non-hydrogen) atoms.